The van der Waals surface area contributed by atoms with E-state index in [0.717, 1.165) is 11.3 Å². The molecule has 0 bridgehead atoms. The van der Waals surface area contributed by atoms with E-state index in [9.17, 15) is 9.59 Å². The largest absolute Gasteiger partial charge is 0.477 e. The topological polar surface area (TPSA) is 57.6 Å². The Hall–Kier alpha value is -0.970. The summed E-state index contributed by atoms with van der Waals surface area (Å²) in [5.41, 5.74) is 0.174. The first-order valence-electron chi connectivity index (χ1n) is 4.48. The van der Waals surface area contributed by atoms with E-state index in [1.54, 1.807) is 6.92 Å². The number of allylic oxidation sites excluding steroid dienone is 1. The van der Waals surface area contributed by atoms with Crippen molar-refractivity contribution in [1.82, 2.24) is 4.90 Å². The van der Waals surface area contributed by atoms with E-state index >= 15 is 0 Å². The van der Waals surface area contributed by atoms with E-state index in [0.29, 0.717) is 6.42 Å². The minimum absolute atomic E-state index is 0.0754. The van der Waals surface area contributed by atoms with Crippen LogP contribution in [0.1, 0.15) is 26.7 Å². The van der Waals surface area contributed by atoms with Crippen LogP contribution in [0.5, 0.6) is 0 Å². The molecule has 1 atom stereocenters. The summed E-state index contributed by atoms with van der Waals surface area (Å²) >= 11 is 1.51. The van der Waals surface area contributed by atoms with Crippen LogP contribution >= 0.6 is 11.8 Å². The number of fused-ring (bicyclic) bond motifs is 1. The lowest BCUT2D eigenvalue weighted by molar-refractivity contribution is -0.150. The number of amides is 1. The summed E-state index contributed by atoms with van der Waals surface area (Å²) in [6.45, 7) is 3.74. The van der Waals surface area contributed by atoms with Crippen LogP contribution in [0.4, 0.5) is 0 Å². The third-order valence-electron chi connectivity index (χ3n) is 2.74. The van der Waals surface area contributed by atoms with Crippen molar-refractivity contribution in [2.45, 2.75) is 31.6 Å². The minimum Gasteiger partial charge on any atom is -0.477 e. The van der Waals surface area contributed by atoms with Crippen molar-refractivity contribution in [1.29, 1.82) is 0 Å². The molecule has 0 radical (unpaired) electrons. The van der Waals surface area contributed by atoms with Gasteiger partial charge in [-0.3, -0.25) is 9.69 Å². The number of nitrogens with zero attached hydrogens (tertiary/aromatic N) is 1. The highest BCUT2D eigenvalue weighted by Gasteiger charge is 2.58. The molecule has 1 amide bonds. The summed E-state index contributed by atoms with van der Waals surface area (Å²) in [7, 11) is 0. The van der Waals surface area contributed by atoms with Crippen LogP contribution < -0.4 is 0 Å². The molecule has 0 spiro atoms. The molecule has 2 aliphatic rings. The lowest BCUT2D eigenvalue weighted by Crippen LogP contribution is -2.58. The summed E-state index contributed by atoms with van der Waals surface area (Å²) in [6, 6.07) is 0. The van der Waals surface area contributed by atoms with Crippen molar-refractivity contribution in [2.75, 3.05) is 0 Å². The number of hydrogen-bond acceptors (Lipinski definition) is 3. The minimum atomic E-state index is -1.00. The Morgan fingerprint density at radius 3 is 2.79 bits per heavy atom. The van der Waals surface area contributed by atoms with Crippen LogP contribution in [0, 0.1) is 0 Å². The Labute approximate surface area is 86.0 Å². The van der Waals surface area contributed by atoms with Crippen molar-refractivity contribution >= 4 is 23.6 Å². The number of carboxylic acids is 1. The normalized spacial score (nSPS) is 30.4. The first-order chi connectivity index (χ1) is 6.52. The van der Waals surface area contributed by atoms with Gasteiger partial charge in [0.2, 0.25) is 5.91 Å². The maximum absolute atomic E-state index is 11.4. The Morgan fingerprint density at radius 1 is 1.71 bits per heavy atom. The monoisotopic (exact) mass is 213 g/mol. The van der Waals surface area contributed by atoms with E-state index in [2.05, 4.69) is 0 Å². The smallest absolute Gasteiger partial charge is 0.353 e. The number of rotatable bonds is 2. The second-order valence-electron chi connectivity index (χ2n) is 3.52. The average Bonchev–Trinajstić information content (AvgIpc) is 2.34. The third kappa shape index (κ3) is 0.958. The predicted octanol–water partition coefficient (Wildman–Crippen LogP) is 1.39. The molecule has 2 heterocycles. The molecule has 0 aromatic carbocycles. The number of carboxylic acid groups (broad SMARTS) is 1. The van der Waals surface area contributed by atoms with Crippen LogP contribution in [0.15, 0.2) is 10.6 Å². The zero-order chi connectivity index (χ0) is 10.5. The van der Waals surface area contributed by atoms with Gasteiger partial charge in [-0.05, 0) is 13.3 Å². The van der Waals surface area contributed by atoms with Crippen molar-refractivity contribution in [3.8, 4) is 0 Å². The van der Waals surface area contributed by atoms with Crippen LogP contribution in [0.2, 0.25) is 0 Å². The zero-order valence-electron chi connectivity index (χ0n) is 8.03. The molecular weight excluding hydrogens is 202 g/mol. The first kappa shape index (κ1) is 9.58. The first-order valence-corrected chi connectivity index (χ1v) is 5.30. The molecule has 0 aliphatic carbocycles. The summed E-state index contributed by atoms with van der Waals surface area (Å²) in [5, 5.41) is 8.97. The van der Waals surface area contributed by atoms with Gasteiger partial charge in [-0.25, -0.2) is 4.79 Å². The highest BCUT2D eigenvalue weighted by molar-refractivity contribution is 8.04. The summed E-state index contributed by atoms with van der Waals surface area (Å²) in [4.78, 5) is 24.2. The van der Waals surface area contributed by atoms with E-state index in [-0.39, 0.29) is 16.5 Å². The maximum atomic E-state index is 11.4. The standard InChI is InChI=1S/C9H11NO3S/c1-3-9-4-6(11)10(9)7(8(12)13)5(2)14-9/h3-4H2,1-2H3,(H,12,13)/t9-/m1/s1. The van der Waals surface area contributed by atoms with Gasteiger partial charge >= 0.3 is 5.97 Å². The fourth-order valence-electron chi connectivity index (χ4n) is 2.03. The van der Waals surface area contributed by atoms with Crippen molar-refractivity contribution < 1.29 is 14.7 Å². The van der Waals surface area contributed by atoms with Crippen LogP contribution in [-0.4, -0.2) is 26.8 Å². The highest BCUT2D eigenvalue weighted by atomic mass is 32.2. The van der Waals surface area contributed by atoms with Gasteiger partial charge in [0.25, 0.3) is 0 Å². The van der Waals surface area contributed by atoms with E-state index < -0.39 is 5.97 Å². The summed E-state index contributed by atoms with van der Waals surface area (Å²) in [6.07, 6.45) is 1.25. The van der Waals surface area contributed by atoms with E-state index in [4.69, 9.17) is 5.11 Å². The Bertz CT molecular complexity index is 363. The van der Waals surface area contributed by atoms with Gasteiger partial charge in [0, 0.05) is 4.91 Å². The number of β-lactam (4-membered cyclic amide) rings is 1. The molecule has 5 heteroatoms. The van der Waals surface area contributed by atoms with E-state index in [1.165, 1.54) is 16.7 Å². The van der Waals surface area contributed by atoms with Crippen LogP contribution in [-0.2, 0) is 9.59 Å². The molecule has 0 aromatic rings. The predicted molar refractivity (Wildman–Crippen MR) is 52.4 cm³/mol. The molecule has 2 aliphatic heterocycles. The van der Waals surface area contributed by atoms with Crippen molar-refractivity contribution in [2.24, 2.45) is 0 Å². The molecular formula is C9H11NO3S. The van der Waals surface area contributed by atoms with Crippen molar-refractivity contribution in [3.05, 3.63) is 10.6 Å². The number of carbonyl (C=O) groups excluding carboxylic acids is 1. The quantitative estimate of drug-likeness (QED) is 0.704. The van der Waals surface area contributed by atoms with Gasteiger partial charge in [0.15, 0.2) is 0 Å². The lowest BCUT2D eigenvalue weighted by Gasteiger charge is -2.46. The molecule has 14 heavy (non-hydrogen) atoms. The highest BCUT2D eigenvalue weighted by Crippen LogP contribution is 2.56. The molecule has 76 valence electrons. The van der Waals surface area contributed by atoms with Crippen LogP contribution in [0.3, 0.4) is 0 Å². The van der Waals surface area contributed by atoms with Gasteiger partial charge in [0.05, 0.1) is 6.42 Å². The second-order valence-corrected chi connectivity index (χ2v) is 5.09. The SMILES string of the molecule is CC[C@@]12CC(=O)N1C(C(=O)O)=C(C)S2. The maximum Gasteiger partial charge on any atom is 0.353 e. The second kappa shape index (κ2) is 2.76. The average molecular weight is 213 g/mol. The zero-order valence-corrected chi connectivity index (χ0v) is 8.85. The number of thioether (sulfide) groups is 1. The molecule has 1 fully saturated rings. The van der Waals surface area contributed by atoms with Crippen LogP contribution in [0.25, 0.3) is 0 Å². The van der Waals surface area contributed by atoms with Crippen molar-refractivity contribution in [3.63, 3.8) is 0 Å². The number of hydrogen-bond donors (Lipinski definition) is 1. The molecule has 1 N–H and O–H groups in total. The fourth-order valence-corrected chi connectivity index (χ4v) is 3.50. The third-order valence-corrected chi connectivity index (χ3v) is 4.23. The number of carbonyl (C=O) groups is 2. The summed E-state index contributed by atoms with van der Waals surface area (Å²) < 4.78 is 0. The fraction of sp³-hybridized carbons (Fsp3) is 0.556. The molecule has 0 saturated carbocycles. The molecule has 0 unspecified atom stereocenters. The number of aliphatic carboxylic acids is 1. The molecule has 0 aromatic heterocycles. The van der Waals surface area contributed by atoms with Gasteiger partial charge in [-0.15, -0.1) is 0 Å². The molecule has 4 nitrogen and oxygen atoms in total. The van der Waals surface area contributed by atoms with E-state index in [1.807, 2.05) is 6.92 Å². The van der Waals surface area contributed by atoms with Gasteiger partial charge in [0.1, 0.15) is 10.6 Å². The summed E-state index contributed by atoms with van der Waals surface area (Å²) in [5.74, 6) is -1.08. The Balaban J connectivity index is 2.39. The molecule has 2 rings (SSSR count). The molecule has 1 saturated heterocycles. The van der Waals surface area contributed by atoms with Gasteiger partial charge < -0.3 is 5.11 Å². The van der Waals surface area contributed by atoms with Gasteiger partial charge in [-0.1, -0.05) is 18.7 Å². The Kier molecular flexibility index (Phi) is 1.89. The van der Waals surface area contributed by atoms with Gasteiger partial charge in [-0.2, -0.15) is 0 Å². The lowest BCUT2D eigenvalue weighted by atomic mass is 9.97. The Morgan fingerprint density at radius 2 is 2.36 bits per heavy atom.